The van der Waals surface area contributed by atoms with Crippen molar-refractivity contribution in [2.75, 3.05) is 0 Å². The van der Waals surface area contributed by atoms with Crippen LogP contribution in [0.25, 0.3) is 0 Å². The third-order valence-corrected chi connectivity index (χ3v) is 5.04. The first-order chi connectivity index (χ1) is 10.0. The average molecular weight is 312 g/mol. The van der Waals surface area contributed by atoms with E-state index in [2.05, 4.69) is 13.8 Å². The molecule has 0 spiro atoms. The van der Waals surface area contributed by atoms with Gasteiger partial charge in [-0.3, -0.25) is 0 Å². The average Bonchev–Trinajstić information content (AvgIpc) is 2.79. The van der Waals surface area contributed by atoms with Crippen LogP contribution in [0.5, 0.6) is 0 Å². The second-order valence-corrected chi connectivity index (χ2v) is 6.66. The van der Waals surface area contributed by atoms with Crippen molar-refractivity contribution in [3.63, 3.8) is 0 Å². The summed E-state index contributed by atoms with van der Waals surface area (Å²) in [6, 6.07) is 5.21. The van der Waals surface area contributed by atoms with Gasteiger partial charge in [0.05, 0.1) is 11.3 Å². The van der Waals surface area contributed by atoms with Crippen molar-refractivity contribution in [2.24, 2.45) is 5.73 Å². The van der Waals surface area contributed by atoms with Crippen LogP contribution in [-0.4, -0.2) is 0 Å². The van der Waals surface area contributed by atoms with Gasteiger partial charge in [0.1, 0.15) is 18.2 Å². The number of allylic oxidation sites excluding steroid dienone is 8. The molecule has 0 amide bonds. The van der Waals surface area contributed by atoms with E-state index in [1.54, 1.807) is 47.8 Å². The highest BCUT2D eigenvalue weighted by Crippen LogP contribution is 2.48. The van der Waals surface area contributed by atoms with Crippen LogP contribution >= 0.6 is 23.5 Å². The topological polar surface area (TPSA) is 97.4 Å². The molecule has 21 heavy (non-hydrogen) atoms. The number of nitriles is 3. The second-order valence-electron chi connectivity index (χ2n) is 3.89. The first kappa shape index (κ1) is 16.7. The summed E-state index contributed by atoms with van der Waals surface area (Å²) < 4.78 is 1.16. The molecular formula is C15H12N4S2. The van der Waals surface area contributed by atoms with E-state index in [-0.39, 0.29) is 16.8 Å². The highest BCUT2D eigenvalue weighted by molar-refractivity contribution is 8.28. The van der Waals surface area contributed by atoms with Crippen LogP contribution < -0.4 is 5.73 Å². The van der Waals surface area contributed by atoms with Gasteiger partial charge in [-0.15, -0.1) is 0 Å². The van der Waals surface area contributed by atoms with E-state index in [1.165, 1.54) is 15.9 Å². The van der Waals surface area contributed by atoms with E-state index < -0.39 is 0 Å². The van der Waals surface area contributed by atoms with Crippen molar-refractivity contribution in [3.8, 4) is 18.2 Å². The zero-order valence-corrected chi connectivity index (χ0v) is 13.2. The first-order valence-corrected chi connectivity index (χ1v) is 7.49. The minimum atomic E-state index is -0.257. The van der Waals surface area contributed by atoms with Gasteiger partial charge in [0, 0.05) is 4.24 Å². The van der Waals surface area contributed by atoms with E-state index in [0.29, 0.717) is 0 Å². The third-order valence-electron chi connectivity index (χ3n) is 2.51. The monoisotopic (exact) mass is 312 g/mol. The van der Waals surface area contributed by atoms with Crippen molar-refractivity contribution in [3.05, 3.63) is 55.2 Å². The van der Waals surface area contributed by atoms with Crippen LogP contribution in [0.15, 0.2) is 55.2 Å². The van der Waals surface area contributed by atoms with Crippen molar-refractivity contribution in [1.82, 2.24) is 0 Å². The molecule has 2 N–H and O–H groups in total. The number of hydrogen-bond acceptors (Lipinski definition) is 6. The van der Waals surface area contributed by atoms with Crippen molar-refractivity contribution in [1.29, 1.82) is 15.8 Å². The lowest BCUT2D eigenvalue weighted by atomic mass is 10.1. The van der Waals surface area contributed by atoms with Crippen LogP contribution in [0.1, 0.15) is 13.8 Å². The molecule has 0 saturated carbocycles. The largest absolute Gasteiger partial charge is 0.396 e. The van der Waals surface area contributed by atoms with Crippen molar-refractivity contribution in [2.45, 2.75) is 13.8 Å². The Bertz CT molecular complexity index is 684. The predicted octanol–water partition coefficient (Wildman–Crippen LogP) is 3.83. The normalized spacial score (nSPS) is 14.6. The smallest absolute Gasteiger partial charge is 0.153 e. The molecule has 0 aromatic carbocycles. The maximum absolute atomic E-state index is 9.00. The van der Waals surface area contributed by atoms with Crippen LogP contribution in [0.4, 0.5) is 0 Å². The summed E-state index contributed by atoms with van der Waals surface area (Å²) in [6.07, 6.45) is 6.88. The summed E-state index contributed by atoms with van der Waals surface area (Å²) in [5.41, 5.74) is 5.35. The van der Waals surface area contributed by atoms with Gasteiger partial charge in [-0.1, -0.05) is 35.7 Å². The highest BCUT2D eigenvalue weighted by Gasteiger charge is 2.12. The standard InChI is InChI=1S/C15H12N4S2/c1-10-11(2)21-14(20-10)6-4-3-5-12(7-16)15(19)13(8-17)9-18/h3-6H,19H2,1-2H3/b4-3+,12-5+. The Morgan fingerprint density at radius 3 is 2.05 bits per heavy atom. The Labute approximate surface area is 132 Å². The van der Waals surface area contributed by atoms with Gasteiger partial charge in [-0.25, -0.2) is 0 Å². The minimum Gasteiger partial charge on any atom is -0.396 e. The summed E-state index contributed by atoms with van der Waals surface area (Å²) >= 11 is 3.41. The maximum Gasteiger partial charge on any atom is 0.153 e. The SMILES string of the molecule is CC1=C(C)SC(=C/C=C/C=C(\C#N)C(N)=C(C#N)C#N)S1. The number of nitrogens with two attached hydrogens (primary N) is 1. The highest BCUT2D eigenvalue weighted by atomic mass is 32.2. The number of rotatable bonds is 3. The Morgan fingerprint density at radius 1 is 1.00 bits per heavy atom. The van der Waals surface area contributed by atoms with E-state index in [9.17, 15) is 0 Å². The van der Waals surface area contributed by atoms with Gasteiger partial charge in [0.15, 0.2) is 5.57 Å². The van der Waals surface area contributed by atoms with Crippen LogP contribution in [0, 0.1) is 34.0 Å². The van der Waals surface area contributed by atoms with Crippen molar-refractivity contribution >= 4 is 23.5 Å². The molecule has 1 aliphatic heterocycles. The fourth-order valence-electron chi connectivity index (χ4n) is 1.29. The molecule has 6 heteroatoms. The van der Waals surface area contributed by atoms with Gasteiger partial charge in [0.25, 0.3) is 0 Å². The van der Waals surface area contributed by atoms with Gasteiger partial charge in [0.2, 0.25) is 0 Å². The third kappa shape index (κ3) is 4.61. The predicted molar refractivity (Wildman–Crippen MR) is 86.9 cm³/mol. The molecule has 0 aliphatic carbocycles. The number of hydrogen-bond donors (Lipinski definition) is 1. The van der Waals surface area contributed by atoms with E-state index in [0.717, 1.165) is 4.24 Å². The molecular weight excluding hydrogens is 300 g/mol. The lowest BCUT2D eigenvalue weighted by Gasteiger charge is -1.96. The molecule has 0 unspecified atom stereocenters. The fourth-order valence-corrected chi connectivity index (χ4v) is 3.64. The van der Waals surface area contributed by atoms with Gasteiger partial charge < -0.3 is 5.73 Å². The number of nitrogens with zero attached hydrogens (tertiary/aromatic N) is 3. The lowest BCUT2D eigenvalue weighted by molar-refractivity contribution is 1.30. The Hall–Kier alpha value is -2.33. The molecule has 1 rings (SSSR count). The molecule has 0 bridgehead atoms. The van der Waals surface area contributed by atoms with E-state index in [1.807, 2.05) is 12.1 Å². The summed E-state index contributed by atoms with van der Waals surface area (Å²) in [6.45, 7) is 4.14. The van der Waals surface area contributed by atoms with Crippen LogP contribution in [0.2, 0.25) is 0 Å². The molecule has 1 heterocycles. The van der Waals surface area contributed by atoms with E-state index in [4.69, 9.17) is 21.5 Å². The van der Waals surface area contributed by atoms with E-state index >= 15 is 0 Å². The summed E-state index contributed by atoms with van der Waals surface area (Å²) in [7, 11) is 0. The molecule has 0 aromatic rings. The molecule has 0 atom stereocenters. The molecule has 0 saturated heterocycles. The molecule has 4 nitrogen and oxygen atoms in total. The Morgan fingerprint density at radius 2 is 1.57 bits per heavy atom. The zero-order valence-electron chi connectivity index (χ0n) is 11.5. The van der Waals surface area contributed by atoms with Gasteiger partial charge >= 0.3 is 0 Å². The van der Waals surface area contributed by atoms with Gasteiger partial charge in [-0.2, -0.15) is 15.8 Å². The van der Waals surface area contributed by atoms with Crippen LogP contribution in [-0.2, 0) is 0 Å². The molecule has 0 aromatic heterocycles. The molecule has 0 fully saturated rings. The Balaban J connectivity index is 2.86. The summed E-state index contributed by atoms with van der Waals surface area (Å²) in [5.74, 6) is 0. The molecule has 104 valence electrons. The van der Waals surface area contributed by atoms with Crippen LogP contribution in [0.3, 0.4) is 0 Å². The number of thioether (sulfide) groups is 2. The molecule has 0 radical (unpaired) electrons. The van der Waals surface area contributed by atoms with Gasteiger partial charge in [-0.05, 0) is 35.8 Å². The summed E-state index contributed by atoms with van der Waals surface area (Å²) in [4.78, 5) is 2.57. The first-order valence-electron chi connectivity index (χ1n) is 5.85. The zero-order chi connectivity index (χ0) is 15.8. The Kier molecular flexibility index (Phi) is 6.43. The quantitative estimate of drug-likeness (QED) is 0.628. The molecule has 1 aliphatic rings. The maximum atomic E-state index is 9.00. The van der Waals surface area contributed by atoms with Crippen molar-refractivity contribution < 1.29 is 0 Å². The second kappa shape index (κ2) is 8.07. The summed E-state index contributed by atoms with van der Waals surface area (Å²) in [5, 5.41) is 26.4. The minimum absolute atomic E-state index is 0.0972. The lowest BCUT2D eigenvalue weighted by Crippen LogP contribution is -2.03. The fraction of sp³-hybridized carbons (Fsp3) is 0.133.